The Labute approximate surface area is 160 Å². The van der Waals surface area contributed by atoms with Gasteiger partial charge in [0.1, 0.15) is 4.21 Å². The molecule has 0 bridgehead atoms. The lowest BCUT2D eigenvalue weighted by Crippen LogP contribution is -2.45. The van der Waals surface area contributed by atoms with Crippen LogP contribution in [0.15, 0.2) is 21.7 Å². The van der Waals surface area contributed by atoms with E-state index in [2.05, 4.69) is 17.3 Å². The van der Waals surface area contributed by atoms with Crippen molar-refractivity contribution >= 4 is 27.3 Å². The Morgan fingerprint density at radius 1 is 1.27 bits per heavy atom. The second-order valence-corrected chi connectivity index (χ2v) is 10.6. The fourth-order valence-electron chi connectivity index (χ4n) is 3.81. The van der Waals surface area contributed by atoms with Crippen LogP contribution in [0.1, 0.15) is 32.1 Å². The van der Waals surface area contributed by atoms with E-state index in [0.717, 1.165) is 32.4 Å². The largest absolute Gasteiger partial charge is 0.356 e. The van der Waals surface area contributed by atoms with Gasteiger partial charge in [0.2, 0.25) is 5.91 Å². The van der Waals surface area contributed by atoms with Gasteiger partial charge in [0.25, 0.3) is 10.0 Å². The zero-order valence-electron chi connectivity index (χ0n) is 15.4. The average Bonchev–Trinajstić information content (AvgIpc) is 3.19. The molecule has 8 heteroatoms. The number of nitrogens with zero attached hydrogens (tertiary/aromatic N) is 2. The predicted molar refractivity (Wildman–Crippen MR) is 104 cm³/mol. The molecule has 0 spiro atoms. The number of nitrogens with one attached hydrogen (secondary N) is 1. The Kier molecular flexibility index (Phi) is 6.71. The highest BCUT2D eigenvalue weighted by atomic mass is 32.2. The number of sulfonamides is 1. The molecule has 0 aliphatic carbocycles. The molecule has 6 nitrogen and oxygen atoms in total. The van der Waals surface area contributed by atoms with Crippen molar-refractivity contribution in [1.82, 2.24) is 14.5 Å². The minimum Gasteiger partial charge on any atom is -0.356 e. The maximum atomic E-state index is 12.7. The van der Waals surface area contributed by atoms with Crippen LogP contribution in [0, 0.1) is 11.8 Å². The van der Waals surface area contributed by atoms with Crippen molar-refractivity contribution in [2.24, 2.45) is 11.8 Å². The van der Waals surface area contributed by atoms with Crippen molar-refractivity contribution in [2.45, 2.75) is 36.3 Å². The summed E-state index contributed by atoms with van der Waals surface area (Å²) in [6, 6.07) is 3.37. The summed E-state index contributed by atoms with van der Waals surface area (Å²) < 4.78 is 27.2. The van der Waals surface area contributed by atoms with Crippen LogP contribution in [-0.2, 0) is 14.8 Å². The average molecular weight is 400 g/mol. The lowest BCUT2D eigenvalue weighted by Gasteiger charge is -2.31. The Bertz CT molecular complexity index is 683. The van der Waals surface area contributed by atoms with Gasteiger partial charge in [-0.15, -0.1) is 11.3 Å². The van der Waals surface area contributed by atoms with Crippen molar-refractivity contribution in [2.75, 3.05) is 39.8 Å². The van der Waals surface area contributed by atoms with E-state index < -0.39 is 10.0 Å². The molecule has 1 N–H and O–H groups in total. The molecule has 0 unspecified atom stereocenters. The fourth-order valence-corrected chi connectivity index (χ4v) is 6.48. The van der Waals surface area contributed by atoms with Crippen LogP contribution in [0.25, 0.3) is 0 Å². The molecule has 2 fully saturated rings. The molecule has 2 aliphatic rings. The maximum absolute atomic E-state index is 12.7. The van der Waals surface area contributed by atoms with Crippen LogP contribution >= 0.6 is 11.3 Å². The summed E-state index contributed by atoms with van der Waals surface area (Å²) in [6.45, 7) is 3.76. The first kappa shape index (κ1) is 19.8. The Balaban J connectivity index is 1.47. The normalized spacial score (nSPS) is 23.8. The van der Waals surface area contributed by atoms with Crippen LogP contribution < -0.4 is 5.32 Å². The molecule has 146 valence electrons. The van der Waals surface area contributed by atoms with Crippen molar-refractivity contribution in [1.29, 1.82) is 0 Å². The summed E-state index contributed by atoms with van der Waals surface area (Å²) in [5, 5.41) is 4.81. The molecule has 0 radical (unpaired) electrons. The van der Waals surface area contributed by atoms with Crippen molar-refractivity contribution in [3.63, 3.8) is 0 Å². The van der Waals surface area contributed by atoms with Gasteiger partial charge in [-0.05, 0) is 69.6 Å². The summed E-state index contributed by atoms with van der Waals surface area (Å²) in [7, 11) is -1.31. The van der Waals surface area contributed by atoms with Gasteiger partial charge >= 0.3 is 0 Å². The molecule has 2 aliphatic heterocycles. The minimum atomic E-state index is -3.46. The van der Waals surface area contributed by atoms with Crippen LogP contribution in [-0.4, -0.2) is 63.3 Å². The van der Waals surface area contributed by atoms with Gasteiger partial charge in [0.15, 0.2) is 0 Å². The van der Waals surface area contributed by atoms with Gasteiger partial charge < -0.3 is 10.2 Å². The van der Waals surface area contributed by atoms with Crippen LogP contribution in [0.4, 0.5) is 0 Å². The highest BCUT2D eigenvalue weighted by Crippen LogP contribution is 2.26. The van der Waals surface area contributed by atoms with Gasteiger partial charge in [-0.25, -0.2) is 8.42 Å². The molecule has 1 atom stereocenters. The van der Waals surface area contributed by atoms with E-state index in [1.807, 2.05) is 0 Å². The smallest absolute Gasteiger partial charge is 0.252 e. The van der Waals surface area contributed by atoms with Gasteiger partial charge in [0.05, 0.1) is 5.92 Å². The molecule has 3 heterocycles. The van der Waals surface area contributed by atoms with E-state index in [4.69, 9.17) is 0 Å². The van der Waals surface area contributed by atoms with Crippen LogP contribution in [0.3, 0.4) is 0 Å². The van der Waals surface area contributed by atoms with Crippen molar-refractivity contribution in [3.8, 4) is 0 Å². The van der Waals surface area contributed by atoms with Crippen LogP contribution in [0.2, 0.25) is 0 Å². The summed E-state index contributed by atoms with van der Waals surface area (Å²) in [6.07, 6.45) is 4.91. The number of amides is 1. The van der Waals surface area contributed by atoms with E-state index in [0.29, 0.717) is 29.8 Å². The Morgan fingerprint density at radius 3 is 2.73 bits per heavy atom. The number of thiophene rings is 1. The van der Waals surface area contributed by atoms with Crippen molar-refractivity contribution < 1.29 is 13.2 Å². The molecular formula is C18H29N3O3S2. The van der Waals surface area contributed by atoms with Gasteiger partial charge in [-0.3, -0.25) is 4.79 Å². The predicted octanol–water partition coefficient (Wildman–Crippen LogP) is 2.00. The monoisotopic (exact) mass is 399 g/mol. The van der Waals surface area contributed by atoms with E-state index in [9.17, 15) is 13.2 Å². The second-order valence-electron chi connectivity index (χ2n) is 7.46. The topological polar surface area (TPSA) is 69.7 Å². The molecular weight excluding hydrogens is 370 g/mol. The van der Waals surface area contributed by atoms with E-state index in [1.165, 1.54) is 28.5 Å². The highest BCUT2D eigenvalue weighted by Gasteiger charge is 2.33. The van der Waals surface area contributed by atoms with E-state index in [-0.39, 0.29) is 11.8 Å². The zero-order chi connectivity index (χ0) is 18.6. The Morgan fingerprint density at radius 2 is 2.04 bits per heavy atom. The third kappa shape index (κ3) is 4.85. The summed E-state index contributed by atoms with van der Waals surface area (Å²) in [5.74, 6) is 0.452. The lowest BCUT2D eigenvalue weighted by molar-refractivity contribution is -0.126. The molecule has 1 aromatic heterocycles. The molecule has 0 aromatic carbocycles. The minimum absolute atomic E-state index is 0.00371. The summed E-state index contributed by atoms with van der Waals surface area (Å²) >= 11 is 1.23. The van der Waals surface area contributed by atoms with Crippen LogP contribution in [0.5, 0.6) is 0 Å². The first-order valence-electron chi connectivity index (χ1n) is 9.46. The molecule has 2 saturated heterocycles. The third-order valence-corrected chi connectivity index (χ3v) is 8.77. The molecule has 26 heavy (non-hydrogen) atoms. The SMILES string of the molecule is CN1CCC(CCNC(=O)[C@@H]2CCCN(S(=O)(=O)c3cccs3)C2)CC1. The van der Waals surface area contributed by atoms with Gasteiger partial charge in [-0.2, -0.15) is 4.31 Å². The maximum Gasteiger partial charge on any atom is 0.252 e. The Hall–Kier alpha value is -0.960. The molecule has 1 aromatic rings. The first-order chi connectivity index (χ1) is 12.5. The zero-order valence-corrected chi connectivity index (χ0v) is 17.0. The van der Waals surface area contributed by atoms with E-state index >= 15 is 0 Å². The standard InChI is InChI=1S/C18H29N3O3S2/c1-20-11-7-15(8-12-20)6-9-19-18(22)16-4-2-10-21(14-16)26(23,24)17-5-3-13-25-17/h3,5,13,15-16H,2,4,6-12,14H2,1H3,(H,19,22)/t16-/m1/s1. The fraction of sp³-hybridized carbons (Fsp3) is 0.722. The summed E-state index contributed by atoms with van der Waals surface area (Å²) in [4.78, 5) is 14.9. The molecule has 0 saturated carbocycles. The third-order valence-electron chi connectivity index (χ3n) is 5.53. The first-order valence-corrected chi connectivity index (χ1v) is 11.8. The van der Waals surface area contributed by atoms with E-state index in [1.54, 1.807) is 17.5 Å². The number of carbonyl (C=O) groups is 1. The highest BCUT2D eigenvalue weighted by molar-refractivity contribution is 7.91. The van der Waals surface area contributed by atoms with Gasteiger partial charge in [0, 0.05) is 19.6 Å². The number of hydrogen-bond donors (Lipinski definition) is 1. The number of carbonyl (C=O) groups excluding carboxylic acids is 1. The molecule has 3 rings (SSSR count). The number of likely N-dealkylation sites (tertiary alicyclic amines) is 1. The quantitative estimate of drug-likeness (QED) is 0.794. The number of piperidine rings is 2. The van der Waals surface area contributed by atoms with Gasteiger partial charge in [-0.1, -0.05) is 6.07 Å². The van der Waals surface area contributed by atoms with Crippen molar-refractivity contribution in [3.05, 3.63) is 17.5 Å². The number of rotatable bonds is 6. The lowest BCUT2D eigenvalue weighted by atomic mass is 9.93. The number of hydrogen-bond acceptors (Lipinski definition) is 5. The molecule has 1 amide bonds. The second kappa shape index (κ2) is 8.82. The summed E-state index contributed by atoms with van der Waals surface area (Å²) in [5.41, 5.74) is 0.